The molecule has 4 heteroatoms. The molecule has 0 amide bonds. The third kappa shape index (κ3) is 2.93. The van der Waals surface area contributed by atoms with Crippen molar-refractivity contribution < 1.29 is 9.90 Å². The number of hydrogen-bond donors (Lipinski definition) is 1. The van der Waals surface area contributed by atoms with Gasteiger partial charge in [-0.1, -0.05) is 12.8 Å². The number of aliphatic hydroxyl groups is 1. The van der Waals surface area contributed by atoms with Gasteiger partial charge in [0.2, 0.25) is 0 Å². The number of anilines is 1. The summed E-state index contributed by atoms with van der Waals surface area (Å²) in [5.74, 6) is 0. The zero-order valence-corrected chi connectivity index (χ0v) is 12.1. The van der Waals surface area contributed by atoms with E-state index in [-0.39, 0.29) is 0 Å². The van der Waals surface area contributed by atoms with Gasteiger partial charge in [-0.15, -0.1) is 0 Å². The van der Waals surface area contributed by atoms with Crippen LogP contribution in [0.4, 0.5) is 5.69 Å². The van der Waals surface area contributed by atoms with Crippen molar-refractivity contribution in [1.29, 1.82) is 0 Å². The lowest BCUT2D eigenvalue weighted by Crippen LogP contribution is -2.39. The van der Waals surface area contributed by atoms with Crippen molar-refractivity contribution >= 4 is 27.9 Å². The number of rotatable bonds is 4. The summed E-state index contributed by atoms with van der Waals surface area (Å²) in [6.45, 7) is 0.631. The minimum absolute atomic E-state index is 0.558. The zero-order valence-electron chi connectivity index (χ0n) is 10.5. The van der Waals surface area contributed by atoms with E-state index in [1.807, 2.05) is 18.0 Å². The van der Waals surface area contributed by atoms with Crippen LogP contribution in [0.15, 0.2) is 22.7 Å². The first-order chi connectivity index (χ1) is 8.54. The third-order valence-corrected chi connectivity index (χ3v) is 4.22. The number of benzene rings is 1. The van der Waals surface area contributed by atoms with Crippen LogP contribution in [-0.4, -0.2) is 30.6 Å². The van der Waals surface area contributed by atoms with Crippen molar-refractivity contribution in [3.63, 3.8) is 0 Å². The van der Waals surface area contributed by atoms with Gasteiger partial charge < -0.3 is 10.0 Å². The van der Waals surface area contributed by atoms with Crippen LogP contribution in [0.1, 0.15) is 36.0 Å². The van der Waals surface area contributed by atoms with Crippen LogP contribution in [0.25, 0.3) is 0 Å². The molecule has 0 saturated heterocycles. The fraction of sp³-hybridized carbons (Fsp3) is 0.500. The van der Waals surface area contributed by atoms with E-state index in [9.17, 15) is 9.90 Å². The standard InChI is InChI=1S/C14H18BrNO2/c1-16(10-14(18)6-2-3-7-14)13-5-4-11(9-17)8-12(13)15/h4-5,8-9,18H,2-3,6-7,10H2,1H3. The normalized spacial score (nSPS) is 17.7. The molecular weight excluding hydrogens is 294 g/mol. The third-order valence-electron chi connectivity index (χ3n) is 3.58. The lowest BCUT2D eigenvalue weighted by atomic mass is 10.0. The Hall–Kier alpha value is -0.870. The molecule has 18 heavy (non-hydrogen) atoms. The fourth-order valence-corrected chi connectivity index (χ4v) is 3.32. The second kappa shape index (κ2) is 5.41. The van der Waals surface area contributed by atoms with Gasteiger partial charge in [0, 0.05) is 23.6 Å². The lowest BCUT2D eigenvalue weighted by molar-refractivity contribution is 0.0559. The predicted octanol–water partition coefficient (Wildman–Crippen LogP) is 3.00. The van der Waals surface area contributed by atoms with Crippen molar-refractivity contribution in [1.82, 2.24) is 0 Å². The summed E-state index contributed by atoms with van der Waals surface area (Å²) < 4.78 is 0.885. The van der Waals surface area contributed by atoms with Gasteiger partial charge in [-0.2, -0.15) is 0 Å². The van der Waals surface area contributed by atoms with Crippen LogP contribution in [0.3, 0.4) is 0 Å². The summed E-state index contributed by atoms with van der Waals surface area (Å²) in [7, 11) is 1.97. The van der Waals surface area contributed by atoms with Gasteiger partial charge in [0.1, 0.15) is 6.29 Å². The Morgan fingerprint density at radius 2 is 2.11 bits per heavy atom. The van der Waals surface area contributed by atoms with E-state index in [1.54, 1.807) is 12.1 Å². The average molecular weight is 312 g/mol. The number of halogens is 1. The lowest BCUT2D eigenvalue weighted by Gasteiger charge is -2.30. The molecule has 1 aromatic carbocycles. The van der Waals surface area contributed by atoms with Gasteiger partial charge in [-0.3, -0.25) is 4.79 Å². The molecule has 0 radical (unpaired) electrons. The Morgan fingerprint density at radius 1 is 1.44 bits per heavy atom. The smallest absolute Gasteiger partial charge is 0.150 e. The van der Waals surface area contributed by atoms with E-state index in [2.05, 4.69) is 15.9 Å². The highest BCUT2D eigenvalue weighted by Crippen LogP contribution is 2.33. The highest BCUT2D eigenvalue weighted by molar-refractivity contribution is 9.10. The second-order valence-corrected chi connectivity index (χ2v) is 5.97. The van der Waals surface area contributed by atoms with Crippen LogP contribution in [0, 0.1) is 0 Å². The van der Waals surface area contributed by atoms with Gasteiger partial charge in [0.05, 0.1) is 11.3 Å². The first-order valence-electron chi connectivity index (χ1n) is 6.22. The molecule has 1 aliphatic rings. The van der Waals surface area contributed by atoms with E-state index >= 15 is 0 Å². The van der Waals surface area contributed by atoms with E-state index in [0.717, 1.165) is 42.1 Å². The summed E-state index contributed by atoms with van der Waals surface area (Å²) in [6, 6.07) is 5.51. The summed E-state index contributed by atoms with van der Waals surface area (Å²) in [5, 5.41) is 10.4. The van der Waals surface area contributed by atoms with Gasteiger partial charge in [-0.05, 0) is 47.0 Å². The Bertz CT molecular complexity index is 441. The van der Waals surface area contributed by atoms with Crippen molar-refractivity contribution in [2.24, 2.45) is 0 Å². The van der Waals surface area contributed by atoms with E-state index in [1.165, 1.54) is 0 Å². The first kappa shape index (κ1) is 13.6. The van der Waals surface area contributed by atoms with Crippen molar-refractivity contribution in [2.75, 3.05) is 18.5 Å². The molecule has 1 fully saturated rings. The molecule has 1 N–H and O–H groups in total. The molecule has 0 heterocycles. The molecule has 0 aliphatic heterocycles. The van der Waals surface area contributed by atoms with Crippen LogP contribution in [0.2, 0.25) is 0 Å². The maximum atomic E-state index is 10.7. The first-order valence-corrected chi connectivity index (χ1v) is 7.02. The molecule has 98 valence electrons. The van der Waals surface area contributed by atoms with Crippen molar-refractivity contribution in [3.8, 4) is 0 Å². The Morgan fingerprint density at radius 3 is 2.67 bits per heavy atom. The molecule has 0 unspecified atom stereocenters. The quantitative estimate of drug-likeness (QED) is 0.869. The largest absolute Gasteiger partial charge is 0.388 e. The number of aldehydes is 1. The molecule has 0 spiro atoms. The Kier molecular flexibility index (Phi) is 4.07. The summed E-state index contributed by atoms with van der Waals surface area (Å²) in [5.41, 5.74) is 1.09. The number of nitrogens with zero attached hydrogens (tertiary/aromatic N) is 1. The molecule has 1 aliphatic carbocycles. The Balaban J connectivity index is 2.13. The summed E-state index contributed by atoms with van der Waals surface area (Å²) >= 11 is 3.47. The molecule has 1 aromatic rings. The minimum atomic E-state index is -0.558. The zero-order chi connectivity index (χ0) is 13.2. The van der Waals surface area contributed by atoms with Crippen LogP contribution < -0.4 is 4.90 Å². The van der Waals surface area contributed by atoms with Gasteiger partial charge in [0.15, 0.2) is 0 Å². The fourth-order valence-electron chi connectivity index (χ4n) is 2.62. The SMILES string of the molecule is CN(CC1(O)CCCC1)c1ccc(C=O)cc1Br. The van der Waals surface area contributed by atoms with E-state index in [4.69, 9.17) is 0 Å². The van der Waals surface area contributed by atoms with Crippen LogP contribution in [-0.2, 0) is 0 Å². The molecule has 3 nitrogen and oxygen atoms in total. The Labute approximate surface area is 116 Å². The summed E-state index contributed by atoms with van der Waals surface area (Å²) in [6.07, 6.45) is 4.80. The monoisotopic (exact) mass is 311 g/mol. The maximum absolute atomic E-state index is 10.7. The minimum Gasteiger partial charge on any atom is -0.388 e. The topological polar surface area (TPSA) is 40.5 Å². The van der Waals surface area contributed by atoms with E-state index < -0.39 is 5.60 Å². The maximum Gasteiger partial charge on any atom is 0.150 e. The van der Waals surface area contributed by atoms with Crippen molar-refractivity contribution in [3.05, 3.63) is 28.2 Å². The number of hydrogen-bond acceptors (Lipinski definition) is 3. The van der Waals surface area contributed by atoms with Crippen molar-refractivity contribution in [2.45, 2.75) is 31.3 Å². The van der Waals surface area contributed by atoms with E-state index in [0.29, 0.717) is 12.1 Å². The molecule has 0 atom stereocenters. The molecular formula is C14H18BrNO2. The number of carbonyl (C=O) groups is 1. The average Bonchev–Trinajstić information content (AvgIpc) is 2.75. The second-order valence-electron chi connectivity index (χ2n) is 5.12. The van der Waals surface area contributed by atoms with Gasteiger partial charge >= 0.3 is 0 Å². The molecule has 0 aromatic heterocycles. The van der Waals surface area contributed by atoms with Crippen LogP contribution >= 0.6 is 15.9 Å². The number of likely N-dealkylation sites (N-methyl/N-ethyl adjacent to an activating group) is 1. The predicted molar refractivity (Wildman–Crippen MR) is 76.2 cm³/mol. The summed E-state index contributed by atoms with van der Waals surface area (Å²) in [4.78, 5) is 12.7. The highest BCUT2D eigenvalue weighted by Gasteiger charge is 2.32. The number of carbonyl (C=O) groups excluding carboxylic acids is 1. The van der Waals surface area contributed by atoms with Crippen LogP contribution in [0.5, 0.6) is 0 Å². The molecule has 0 bridgehead atoms. The van der Waals surface area contributed by atoms with Gasteiger partial charge in [-0.25, -0.2) is 0 Å². The molecule has 2 rings (SSSR count). The highest BCUT2D eigenvalue weighted by atomic mass is 79.9. The molecule has 1 saturated carbocycles. The van der Waals surface area contributed by atoms with Gasteiger partial charge in [0.25, 0.3) is 0 Å².